The van der Waals surface area contributed by atoms with E-state index in [4.69, 9.17) is 4.74 Å². The predicted molar refractivity (Wildman–Crippen MR) is 89.6 cm³/mol. The molecule has 4 nitrogen and oxygen atoms in total. The Morgan fingerprint density at radius 3 is 2.88 bits per heavy atom. The number of fused-ring (bicyclic) bond motifs is 5. The highest BCUT2D eigenvalue weighted by Gasteiger charge is 2.60. The second kappa shape index (κ2) is 5.48. The number of phenolic OH excluding ortho intramolecular Hbond substituents is 1. The van der Waals surface area contributed by atoms with Crippen molar-refractivity contribution < 1.29 is 19.7 Å². The highest BCUT2D eigenvalue weighted by molar-refractivity contribution is 5.73. The third-order valence-electron chi connectivity index (χ3n) is 7.18. The van der Waals surface area contributed by atoms with Gasteiger partial charge in [0.05, 0.1) is 19.1 Å². The first-order chi connectivity index (χ1) is 11.5. The third kappa shape index (κ3) is 2.12. The van der Waals surface area contributed by atoms with Gasteiger partial charge in [0.2, 0.25) is 0 Å². The van der Waals surface area contributed by atoms with Gasteiger partial charge in [0, 0.05) is 0 Å². The maximum atomic E-state index is 12.4. The molecule has 1 unspecified atom stereocenters. The number of esters is 1. The third-order valence-corrected chi connectivity index (χ3v) is 7.18. The van der Waals surface area contributed by atoms with Crippen LogP contribution in [0.3, 0.4) is 0 Å². The zero-order chi connectivity index (χ0) is 17.1. The minimum atomic E-state index is -0.422. The van der Waals surface area contributed by atoms with Crippen LogP contribution >= 0.6 is 0 Å². The molecule has 0 aromatic heterocycles. The van der Waals surface area contributed by atoms with E-state index in [-0.39, 0.29) is 23.2 Å². The SMILES string of the molecule is COC(=O)[C@H]1CC(O)[C@@]2(C)CC[C@@H]3c4ccc(O)cc4CC[C@H]3[C@H]12. The summed E-state index contributed by atoms with van der Waals surface area (Å²) in [7, 11) is 1.45. The van der Waals surface area contributed by atoms with Gasteiger partial charge in [-0.25, -0.2) is 0 Å². The second-order valence-electron chi connectivity index (χ2n) is 8.14. The van der Waals surface area contributed by atoms with Crippen molar-refractivity contribution in [2.75, 3.05) is 7.11 Å². The largest absolute Gasteiger partial charge is 0.508 e. The fourth-order valence-corrected chi connectivity index (χ4v) is 6.04. The van der Waals surface area contributed by atoms with Crippen molar-refractivity contribution >= 4 is 5.97 Å². The van der Waals surface area contributed by atoms with Crippen molar-refractivity contribution in [1.82, 2.24) is 0 Å². The fourth-order valence-electron chi connectivity index (χ4n) is 6.04. The normalized spacial score (nSPS) is 40.4. The fraction of sp³-hybridized carbons (Fsp3) is 0.650. The number of hydrogen-bond acceptors (Lipinski definition) is 4. The average molecular weight is 330 g/mol. The van der Waals surface area contributed by atoms with E-state index < -0.39 is 6.10 Å². The molecule has 6 atom stereocenters. The number of carbonyl (C=O) groups excluding carboxylic acids is 1. The molecule has 4 heteroatoms. The van der Waals surface area contributed by atoms with Gasteiger partial charge < -0.3 is 14.9 Å². The van der Waals surface area contributed by atoms with E-state index in [1.54, 1.807) is 6.07 Å². The Morgan fingerprint density at radius 2 is 2.12 bits per heavy atom. The molecule has 2 saturated carbocycles. The van der Waals surface area contributed by atoms with Crippen LogP contribution in [0, 0.1) is 23.2 Å². The topological polar surface area (TPSA) is 66.8 Å². The molecule has 3 aliphatic carbocycles. The number of phenols is 1. The van der Waals surface area contributed by atoms with Crippen molar-refractivity contribution in [3.05, 3.63) is 29.3 Å². The first kappa shape index (κ1) is 15.9. The highest BCUT2D eigenvalue weighted by Crippen LogP contribution is 2.62. The molecule has 0 radical (unpaired) electrons. The quantitative estimate of drug-likeness (QED) is 0.777. The molecule has 0 bridgehead atoms. The van der Waals surface area contributed by atoms with Gasteiger partial charge in [-0.2, -0.15) is 0 Å². The average Bonchev–Trinajstić information content (AvgIpc) is 2.85. The van der Waals surface area contributed by atoms with Crippen LogP contribution in [-0.2, 0) is 16.0 Å². The molecule has 2 fully saturated rings. The van der Waals surface area contributed by atoms with Crippen molar-refractivity contribution in [2.45, 2.75) is 51.0 Å². The zero-order valence-corrected chi connectivity index (χ0v) is 14.4. The zero-order valence-electron chi connectivity index (χ0n) is 14.4. The number of ether oxygens (including phenoxy) is 1. The summed E-state index contributed by atoms with van der Waals surface area (Å²) in [6.07, 6.45) is 4.03. The summed E-state index contributed by atoms with van der Waals surface area (Å²) in [4.78, 5) is 12.4. The molecule has 2 N–H and O–H groups in total. The Hall–Kier alpha value is -1.55. The van der Waals surface area contributed by atoms with Gasteiger partial charge in [0.1, 0.15) is 5.75 Å². The molecule has 0 amide bonds. The van der Waals surface area contributed by atoms with Crippen LogP contribution in [0.5, 0.6) is 5.75 Å². The summed E-state index contributed by atoms with van der Waals surface area (Å²) in [5, 5.41) is 20.4. The first-order valence-corrected chi connectivity index (χ1v) is 9.03. The van der Waals surface area contributed by atoms with Crippen LogP contribution in [0.1, 0.15) is 49.7 Å². The minimum absolute atomic E-state index is 0.167. The van der Waals surface area contributed by atoms with E-state index >= 15 is 0 Å². The summed E-state index contributed by atoms with van der Waals surface area (Å²) < 4.78 is 5.06. The highest BCUT2D eigenvalue weighted by atomic mass is 16.5. The number of rotatable bonds is 1. The van der Waals surface area contributed by atoms with E-state index in [0.29, 0.717) is 24.0 Å². The first-order valence-electron chi connectivity index (χ1n) is 9.03. The Morgan fingerprint density at radius 1 is 1.33 bits per heavy atom. The van der Waals surface area contributed by atoms with E-state index in [0.717, 1.165) is 25.7 Å². The molecule has 0 saturated heterocycles. The maximum absolute atomic E-state index is 12.4. The van der Waals surface area contributed by atoms with Gasteiger partial charge in [-0.05, 0) is 78.5 Å². The summed E-state index contributed by atoms with van der Waals surface area (Å²) in [6.45, 7) is 2.16. The van der Waals surface area contributed by atoms with E-state index in [1.165, 1.54) is 18.2 Å². The van der Waals surface area contributed by atoms with E-state index in [9.17, 15) is 15.0 Å². The molecule has 0 aliphatic heterocycles. The molecule has 4 rings (SSSR count). The molecule has 0 spiro atoms. The standard InChI is InChI=1S/C20H26O4/c1-20-8-7-14-13-6-4-12(21)9-11(13)3-5-15(14)18(20)16(10-17(20)22)19(23)24-2/h4,6,9,14-18,21-22H,3,5,7-8,10H2,1-2H3/t14-,15-,16+,17?,18-,20-/m1/s1. The van der Waals surface area contributed by atoms with Crippen LogP contribution in [0.25, 0.3) is 0 Å². The van der Waals surface area contributed by atoms with Crippen LogP contribution in [-0.4, -0.2) is 29.4 Å². The van der Waals surface area contributed by atoms with Gasteiger partial charge >= 0.3 is 5.97 Å². The Balaban J connectivity index is 1.73. The second-order valence-corrected chi connectivity index (χ2v) is 8.14. The number of hydrogen-bond donors (Lipinski definition) is 2. The molecule has 3 aliphatic rings. The minimum Gasteiger partial charge on any atom is -0.508 e. The van der Waals surface area contributed by atoms with Crippen LogP contribution in [0.4, 0.5) is 0 Å². The van der Waals surface area contributed by atoms with Gasteiger partial charge in [0.15, 0.2) is 0 Å². The van der Waals surface area contributed by atoms with E-state index in [2.05, 4.69) is 13.0 Å². The van der Waals surface area contributed by atoms with Crippen LogP contribution in [0.15, 0.2) is 18.2 Å². The number of carbonyl (C=O) groups is 1. The Bertz CT molecular complexity index is 670. The Labute approximate surface area is 142 Å². The smallest absolute Gasteiger partial charge is 0.309 e. The van der Waals surface area contributed by atoms with Gasteiger partial charge in [-0.15, -0.1) is 0 Å². The van der Waals surface area contributed by atoms with Crippen LogP contribution in [0.2, 0.25) is 0 Å². The number of benzene rings is 1. The van der Waals surface area contributed by atoms with Gasteiger partial charge in [-0.1, -0.05) is 13.0 Å². The molecule has 1 aromatic rings. The molecular formula is C20H26O4. The van der Waals surface area contributed by atoms with E-state index in [1.807, 2.05) is 6.07 Å². The van der Waals surface area contributed by atoms with Gasteiger partial charge in [-0.3, -0.25) is 4.79 Å². The molecule has 24 heavy (non-hydrogen) atoms. The molecule has 1 aromatic carbocycles. The lowest BCUT2D eigenvalue weighted by molar-refractivity contribution is -0.149. The number of aliphatic hydroxyl groups excluding tert-OH is 1. The lowest BCUT2D eigenvalue weighted by Gasteiger charge is -2.51. The maximum Gasteiger partial charge on any atom is 0.309 e. The van der Waals surface area contributed by atoms with Crippen molar-refractivity contribution in [2.24, 2.45) is 23.2 Å². The monoisotopic (exact) mass is 330 g/mol. The van der Waals surface area contributed by atoms with Crippen molar-refractivity contribution in [1.29, 1.82) is 0 Å². The van der Waals surface area contributed by atoms with Gasteiger partial charge in [0.25, 0.3) is 0 Å². The number of aromatic hydroxyl groups is 1. The van der Waals surface area contributed by atoms with Crippen molar-refractivity contribution in [3.63, 3.8) is 0 Å². The molecular weight excluding hydrogens is 304 g/mol. The predicted octanol–water partition coefficient (Wildman–Crippen LogP) is 3.01. The number of aryl methyl sites for hydroxylation is 1. The Kier molecular flexibility index (Phi) is 3.64. The molecule has 0 heterocycles. The summed E-state index contributed by atoms with van der Waals surface area (Å²) in [6, 6.07) is 5.72. The summed E-state index contributed by atoms with van der Waals surface area (Å²) in [5.41, 5.74) is 2.39. The van der Waals surface area contributed by atoms with Crippen LogP contribution < -0.4 is 0 Å². The van der Waals surface area contributed by atoms with Crippen molar-refractivity contribution in [3.8, 4) is 5.75 Å². The number of methoxy groups -OCH3 is 1. The lowest BCUT2D eigenvalue weighted by atomic mass is 9.54. The summed E-state index contributed by atoms with van der Waals surface area (Å²) in [5.74, 6) is 0.977. The number of aliphatic hydroxyl groups is 1. The summed E-state index contributed by atoms with van der Waals surface area (Å²) >= 11 is 0. The molecule has 130 valence electrons. The lowest BCUT2D eigenvalue weighted by Crippen LogP contribution is -2.46.